The first-order valence-corrected chi connectivity index (χ1v) is 6.55. The summed E-state index contributed by atoms with van der Waals surface area (Å²) in [5.41, 5.74) is 2.41. The van der Waals surface area contributed by atoms with Gasteiger partial charge in [0.05, 0.1) is 23.2 Å². The molecule has 2 atom stereocenters. The van der Waals surface area contributed by atoms with Crippen LogP contribution in [-0.4, -0.2) is 32.9 Å². The van der Waals surface area contributed by atoms with Gasteiger partial charge >= 0.3 is 5.97 Å². The zero-order valence-electron chi connectivity index (χ0n) is 9.07. The third-order valence-electron chi connectivity index (χ3n) is 3.38. The Kier molecular flexibility index (Phi) is 2.39. The monoisotopic (exact) mass is 252 g/mol. The molecule has 1 amide bonds. The first-order chi connectivity index (χ1) is 8.18. The van der Waals surface area contributed by atoms with E-state index in [9.17, 15) is 14.7 Å². The maximum absolute atomic E-state index is 11.9. The molecule has 2 heterocycles. The number of thiazole rings is 1. The lowest BCUT2D eigenvalue weighted by Crippen LogP contribution is -2.32. The molecular formula is C11H12N2O3S. The fraction of sp³-hybridized carbons (Fsp3) is 0.545. The normalized spacial score (nSPS) is 28.7. The molecule has 0 radical (unpaired) electrons. The molecule has 1 aromatic heterocycles. The molecule has 0 spiro atoms. The molecule has 1 saturated heterocycles. The fourth-order valence-electron chi connectivity index (χ4n) is 2.48. The van der Waals surface area contributed by atoms with Crippen LogP contribution < -0.4 is 0 Å². The molecule has 2 unspecified atom stereocenters. The molecule has 5 nitrogen and oxygen atoms in total. The number of carbonyl (C=O) groups is 2. The second-order valence-electron chi connectivity index (χ2n) is 4.54. The summed E-state index contributed by atoms with van der Waals surface area (Å²) in [7, 11) is 0. The van der Waals surface area contributed by atoms with Crippen molar-refractivity contribution < 1.29 is 14.7 Å². The quantitative estimate of drug-likeness (QED) is 0.879. The van der Waals surface area contributed by atoms with Crippen molar-refractivity contribution in [1.82, 2.24) is 9.88 Å². The topological polar surface area (TPSA) is 70.5 Å². The molecular weight excluding hydrogens is 240 g/mol. The van der Waals surface area contributed by atoms with Crippen molar-refractivity contribution in [3.05, 3.63) is 16.6 Å². The van der Waals surface area contributed by atoms with E-state index in [0.29, 0.717) is 0 Å². The summed E-state index contributed by atoms with van der Waals surface area (Å²) in [5.74, 6) is -1.59. The average Bonchev–Trinajstić information content (AvgIpc) is 2.86. The number of amides is 1. The van der Waals surface area contributed by atoms with E-state index in [0.717, 1.165) is 18.5 Å². The second kappa shape index (κ2) is 3.80. The Balaban J connectivity index is 1.97. The Hall–Kier alpha value is -1.43. The highest BCUT2D eigenvalue weighted by molar-refractivity contribution is 7.07. The van der Waals surface area contributed by atoms with E-state index in [1.165, 1.54) is 11.3 Å². The summed E-state index contributed by atoms with van der Waals surface area (Å²) < 4.78 is 0. The largest absolute Gasteiger partial charge is 0.481 e. The van der Waals surface area contributed by atoms with Crippen LogP contribution in [0.5, 0.6) is 0 Å². The number of aliphatic carboxylic acids is 1. The van der Waals surface area contributed by atoms with Gasteiger partial charge in [-0.3, -0.25) is 9.59 Å². The Morgan fingerprint density at radius 1 is 1.53 bits per heavy atom. The first-order valence-electron chi connectivity index (χ1n) is 5.60. The number of rotatable bonds is 3. The van der Waals surface area contributed by atoms with Crippen molar-refractivity contribution in [2.75, 3.05) is 0 Å². The van der Waals surface area contributed by atoms with E-state index in [1.54, 1.807) is 10.4 Å². The lowest BCUT2D eigenvalue weighted by atomic mass is 9.98. The number of hydrogen-bond donors (Lipinski definition) is 1. The minimum Gasteiger partial charge on any atom is -0.481 e. The summed E-state index contributed by atoms with van der Waals surface area (Å²) in [6.07, 6.45) is 2.07. The van der Waals surface area contributed by atoms with Gasteiger partial charge in [0.1, 0.15) is 0 Å². The molecule has 3 rings (SSSR count). The minimum absolute atomic E-state index is 0.0436. The van der Waals surface area contributed by atoms with Crippen molar-refractivity contribution in [3.63, 3.8) is 0 Å². The van der Waals surface area contributed by atoms with Crippen LogP contribution in [0.2, 0.25) is 0 Å². The Bertz CT molecular complexity index is 455. The summed E-state index contributed by atoms with van der Waals surface area (Å²) in [6.45, 7) is 0. The van der Waals surface area contributed by atoms with E-state index in [-0.39, 0.29) is 24.4 Å². The SMILES string of the molecule is O=C(O)C1CC(=O)N(C2CC2)C1c1cscn1. The number of likely N-dealkylation sites (tertiary alicyclic amines) is 1. The summed E-state index contributed by atoms with van der Waals surface area (Å²) >= 11 is 1.43. The van der Waals surface area contributed by atoms with E-state index < -0.39 is 11.9 Å². The van der Waals surface area contributed by atoms with Gasteiger partial charge < -0.3 is 10.0 Å². The number of aromatic nitrogens is 1. The highest BCUT2D eigenvalue weighted by Gasteiger charge is 2.50. The molecule has 2 fully saturated rings. The van der Waals surface area contributed by atoms with E-state index in [1.807, 2.05) is 5.38 Å². The van der Waals surface area contributed by atoms with E-state index in [2.05, 4.69) is 4.98 Å². The van der Waals surface area contributed by atoms with Crippen molar-refractivity contribution in [3.8, 4) is 0 Å². The first kappa shape index (κ1) is 10.7. The lowest BCUT2D eigenvalue weighted by molar-refractivity contribution is -0.142. The molecule has 1 aliphatic heterocycles. The maximum Gasteiger partial charge on any atom is 0.309 e. The summed E-state index contributed by atoms with van der Waals surface area (Å²) in [6, 6.07) is -0.128. The van der Waals surface area contributed by atoms with E-state index in [4.69, 9.17) is 0 Å². The Morgan fingerprint density at radius 2 is 2.29 bits per heavy atom. The second-order valence-corrected chi connectivity index (χ2v) is 5.26. The molecule has 0 bridgehead atoms. The molecule has 17 heavy (non-hydrogen) atoms. The van der Waals surface area contributed by atoms with Crippen molar-refractivity contribution >= 4 is 23.2 Å². The molecule has 2 aliphatic rings. The molecule has 0 aromatic carbocycles. The van der Waals surface area contributed by atoms with Crippen LogP contribution in [-0.2, 0) is 9.59 Å². The molecule has 1 saturated carbocycles. The van der Waals surface area contributed by atoms with Gasteiger partial charge in [-0.1, -0.05) is 0 Å². The zero-order valence-corrected chi connectivity index (χ0v) is 9.89. The zero-order chi connectivity index (χ0) is 12.0. The van der Waals surface area contributed by atoms with Gasteiger partial charge in [-0.05, 0) is 12.8 Å². The van der Waals surface area contributed by atoms with Crippen LogP contribution in [0.15, 0.2) is 10.9 Å². The smallest absolute Gasteiger partial charge is 0.309 e. The van der Waals surface area contributed by atoms with Gasteiger partial charge in [-0.2, -0.15) is 0 Å². The van der Waals surface area contributed by atoms with Crippen molar-refractivity contribution in [1.29, 1.82) is 0 Å². The van der Waals surface area contributed by atoms with Crippen LogP contribution >= 0.6 is 11.3 Å². The molecule has 90 valence electrons. The van der Waals surface area contributed by atoms with Crippen LogP contribution in [0, 0.1) is 5.92 Å². The molecule has 6 heteroatoms. The summed E-state index contributed by atoms with van der Waals surface area (Å²) in [5, 5.41) is 11.1. The predicted molar refractivity (Wildman–Crippen MR) is 60.5 cm³/mol. The molecule has 1 aliphatic carbocycles. The van der Waals surface area contributed by atoms with E-state index >= 15 is 0 Å². The van der Waals surface area contributed by atoms with Gasteiger partial charge in [0, 0.05) is 17.8 Å². The third-order valence-corrected chi connectivity index (χ3v) is 3.98. The van der Waals surface area contributed by atoms with Crippen molar-refractivity contribution in [2.24, 2.45) is 5.92 Å². The minimum atomic E-state index is -0.903. The fourth-order valence-corrected chi connectivity index (χ4v) is 3.06. The highest BCUT2D eigenvalue weighted by Crippen LogP contribution is 2.44. The van der Waals surface area contributed by atoms with Gasteiger partial charge in [0.15, 0.2) is 0 Å². The Morgan fingerprint density at radius 3 is 2.82 bits per heavy atom. The number of nitrogens with zero attached hydrogens (tertiary/aromatic N) is 2. The molecule has 1 N–H and O–H groups in total. The van der Waals surface area contributed by atoms with Gasteiger partial charge in [-0.15, -0.1) is 11.3 Å². The van der Waals surface area contributed by atoms with Crippen LogP contribution in [0.3, 0.4) is 0 Å². The van der Waals surface area contributed by atoms with Crippen LogP contribution in [0.1, 0.15) is 31.0 Å². The van der Waals surface area contributed by atoms with Gasteiger partial charge in [0.25, 0.3) is 0 Å². The highest BCUT2D eigenvalue weighted by atomic mass is 32.1. The standard InChI is InChI=1S/C11H12N2O3S/c14-9-3-7(11(15)16)10(8-4-17-5-12-8)13(9)6-1-2-6/h4-7,10H,1-3H2,(H,15,16). The van der Waals surface area contributed by atoms with Gasteiger partial charge in [0.2, 0.25) is 5.91 Å². The average molecular weight is 252 g/mol. The van der Waals surface area contributed by atoms with Crippen molar-refractivity contribution in [2.45, 2.75) is 31.3 Å². The lowest BCUT2D eigenvalue weighted by Gasteiger charge is -2.25. The number of carbonyl (C=O) groups excluding carboxylic acids is 1. The predicted octanol–water partition coefficient (Wildman–Crippen LogP) is 1.28. The molecule has 1 aromatic rings. The number of carboxylic acids is 1. The van der Waals surface area contributed by atoms with Gasteiger partial charge in [-0.25, -0.2) is 4.98 Å². The summed E-state index contributed by atoms with van der Waals surface area (Å²) in [4.78, 5) is 29.1. The maximum atomic E-state index is 11.9. The van der Waals surface area contributed by atoms with Crippen LogP contribution in [0.4, 0.5) is 0 Å². The number of carboxylic acid groups (broad SMARTS) is 1. The Labute approximate surface area is 102 Å². The van der Waals surface area contributed by atoms with Crippen LogP contribution in [0.25, 0.3) is 0 Å². The number of hydrogen-bond acceptors (Lipinski definition) is 4. The third kappa shape index (κ3) is 1.72.